The molecule has 1 aromatic heterocycles. The molecule has 1 aliphatic heterocycles. The third-order valence-electron chi connectivity index (χ3n) is 6.92. The summed E-state index contributed by atoms with van der Waals surface area (Å²) in [5, 5.41) is 0.280. The molecule has 2 aromatic carbocycles. The van der Waals surface area contributed by atoms with Gasteiger partial charge in [0.05, 0.1) is 25.7 Å². The summed E-state index contributed by atoms with van der Waals surface area (Å²) in [6, 6.07) is 12.7. The van der Waals surface area contributed by atoms with Gasteiger partial charge in [-0.1, -0.05) is 49.4 Å². The van der Waals surface area contributed by atoms with Gasteiger partial charge in [-0.05, 0) is 61.7 Å². The summed E-state index contributed by atoms with van der Waals surface area (Å²) in [4.78, 5) is 6.82. The fourth-order valence-corrected chi connectivity index (χ4v) is 6.93. The largest absolute Gasteiger partial charge is 0.497 e. The zero-order valence-electron chi connectivity index (χ0n) is 23.2. The monoisotopic (exact) mass is 580 g/mol. The third kappa shape index (κ3) is 6.99. The van der Waals surface area contributed by atoms with E-state index in [-0.39, 0.29) is 22.6 Å². The minimum Gasteiger partial charge on any atom is -0.497 e. The lowest BCUT2D eigenvalue weighted by molar-refractivity contribution is 0.166. The SMILES string of the molecule is C=C(/C=C\C=C/C)[C@H]1CCCCN1Cc1ccc(S(=O)(=O)N(Cc2ccc(OC)cc2OC)c2ncns2)cc1. The minimum absolute atomic E-state index is 0.0325. The standard InChI is InChI=1S/C30H36N4O4S2/c1-5-6-7-10-23(2)28-11-8-9-18-33(28)20-24-12-16-27(17-13-24)40(35,36)34(30-31-22-32-39-30)21-25-14-15-26(37-3)19-29(25)38-4/h5-7,10,12-17,19,22,28H,2,8-9,11,18,20-21H2,1,3-4H3/b6-5-,10-7-/t28-/m1/s1. The van der Waals surface area contributed by atoms with Crippen molar-refractivity contribution in [3.05, 3.63) is 96.4 Å². The highest BCUT2D eigenvalue weighted by atomic mass is 32.2. The van der Waals surface area contributed by atoms with Gasteiger partial charge in [0, 0.05) is 35.7 Å². The van der Waals surface area contributed by atoms with Crippen molar-refractivity contribution in [1.82, 2.24) is 14.3 Å². The average Bonchev–Trinajstić information content (AvgIpc) is 3.51. The Labute approximate surface area is 241 Å². The minimum atomic E-state index is -3.94. The molecule has 10 heteroatoms. The maximum absolute atomic E-state index is 13.9. The van der Waals surface area contributed by atoms with Gasteiger partial charge in [-0.2, -0.15) is 4.37 Å². The van der Waals surface area contributed by atoms with Crippen LogP contribution < -0.4 is 13.8 Å². The number of benzene rings is 2. The van der Waals surface area contributed by atoms with E-state index in [4.69, 9.17) is 9.47 Å². The number of methoxy groups -OCH3 is 2. The van der Waals surface area contributed by atoms with Crippen molar-refractivity contribution >= 4 is 26.7 Å². The molecule has 40 heavy (non-hydrogen) atoms. The zero-order chi connectivity index (χ0) is 28.5. The molecule has 4 rings (SSSR count). The Balaban J connectivity index is 1.56. The summed E-state index contributed by atoms with van der Waals surface area (Å²) in [5.74, 6) is 1.15. The molecule has 0 aliphatic carbocycles. The molecule has 0 unspecified atom stereocenters. The van der Waals surface area contributed by atoms with Crippen LogP contribution in [-0.2, 0) is 23.1 Å². The van der Waals surface area contributed by atoms with Crippen LogP contribution in [0.4, 0.5) is 5.13 Å². The van der Waals surface area contributed by atoms with E-state index in [9.17, 15) is 8.42 Å². The van der Waals surface area contributed by atoms with E-state index in [1.54, 1.807) is 44.6 Å². The molecule has 0 saturated carbocycles. The van der Waals surface area contributed by atoms with Crippen LogP contribution in [-0.4, -0.2) is 49.5 Å². The van der Waals surface area contributed by atoms with Crippen LogP contribution in [0.1, 0.15) is 37.3 Å². The second kappa shape index (κ2) is 13.7. The number of hydrogen-bond donors (Lipinski definition) is 0. The molecular weight excluding hydrogens is 544 g/mol. The zero-order valence-corrected chi connectivity index (χ0v) is 24.8. The van der Waals surface area contributed by atoms with Crippen molar-refractivity contribution in [2.24, 2.45) is 0 Å². The van der Waals surface area contributed by atoms with Crippen LogP contribution in [0.5, 0.6) is 11.5 Å². The number of sulfonamides is 1. The van der Waals surface area contributed by atoms with E-state index in [1.807, 2.05) is 37.3 Å². The van der Waals surface area contributed by atoms with Crippen LogP contribution >= 0.6 is 11.5 Å². The molecule has 3 aromatic rings. The van der Waals surface area contributed by atoms with Crippen molar-refractivity contribution in [3.8, 4) is 11.5 Å². The van der Waals surface area contributed by atoms with Crippen molar-refractivity contribution in [3.63, 3.8) is 0 Å². The predicted octanol–water partition coefficient (Wildman–Crippen LogP) is 5.99. The summed E-state index contributed by atoms with van der Waals surface area (Å²) in [7, 11) is -0.826. The molecular formula is C30H36N4O4S2. The first-order valence-electron chi connectivity index (χ1n) is 13.2. The lowest BCUT2D eigenvalue weighted by atomic mass is 9.95. The summed E-state index contributed by atoms with van der Waals surface area (Å²) in [6.45, 7) is 8.05. The van der Waals surface area contributed by atoms with E-state index in [0.717, 1.165) is 48.6 Å². The number of nitrogens with zero attached hydrogens (tertiary/aromatic N) is 4. The Morgan fingerprint density at radius 3 is 2.62 bits per heavy atom. The van der Waals surface area contributed by atoms with E-state index >= 15 is 0 Å². The molecule has 1 atom stereocenters. The molecule has 0 radical (unpaired) electrons. The normalized spacial score (nSPS) is 16.4. The lowest BCUT2D eigenvalue weighted by Gasteiger charge is -2.36. The number of anilines is 1. The fourth-order valence-electron chi connectivity index (χ4n) is 4.80. The smallest absolute Gasteiger partial charge is 0.266 e. The van der Waals surface area contributed by atoms with Gasteiger partial charge in [0.1, 0.15) is 17.8 Å². The molecule has 1 saturated heterocycles. The third-order valence-corrected chi connectivity index (χ3v) is 9.48. The van der Waals surface area contributed by atoms with Gasteiger partial charge < -0.3 is 9.47 Å². The highest BCUT2D eigenvalue weighted by molar-refractivity contribution is 7.93. The van der Waals surface area contributed by atoms with Crippen LogP contribution in [0.25, 0.3) is 0 Å². The maximum Gasteiger partial charge on any atom is 0.266 e. The Morgan fingerprint density at radius 1 is 1.15 bits per heavy atom. The van der Waals surface area contributed by atoms with Crippen LogP contribution in [0, 0.1) is 0 Å². The second-order valence-electron chi connectivity index (χ2n) is 9.50. The summed E-state index contributed by atoms with van der Waals surface area (Å²) in [5.41, 5.74) is 2.83. The Morgan fingerprint density at radius 2 is 1.95 bits per heavy atom. The van der Waals surface area contributed by atoms with Crippen molar-refractivity contribution in [2.45, 2.75) is 50.2 Å². The van der Waals surface area contributed by atoms with Gasteiger partial charge in [0.15, 0.2) is 0 Å². The maximum atomic E-state index is 13.9. The summed E-state index contributed by atoms with van der Waals surface area (Å²) < 4.78 is 43.9. The summed E-state index contributed by atoms with van der Waals surface area (Å²) in [6.07, 6.45) is 12.9. The number of hydrogen-bond acceptors (Lipinski definition) is 8. The topological polar surface area (TPSA) is 84.9 Å². The second-order valence-corrected chi connectivity index (χ2v) is 12.1. The van der Waals surface area contributed by atoms with Gasteiger partial charge in [-0.15, -0.1) is 0 Å². The Kier molecular flexibility index (Phi) is 10.1. The van der Waals surface area contributed by atoms with E-state index in [1.165, 1.54) is 17.1 Å². The summed E-state index contributed by atoms with van der Waals surface area (Å²) >= 11 is 1.02. The fraction of sp³-hybridized carbons (Fsp3) is 0.333. The van der Waals surface area contributed by atoms with E-state index in [0.29, 0.717) is 17.1 Å². The lowest BCUT2D eigenvalue weighted by Crippen LogP contribution is -2.39. The number of piperidine rings is 1. The number of aromatic nitrogens is 2. The van der Waals surface area contributed by atoms with Crippen molar-refractivity contribution in [2.75, 3.05) is 25.1 Å². The number of likely N-dealkylation sites (tertiary alicyclic amines) is 1. The number of rotatable bonds is 12. The Bertz CT molecular complexity index is 1430. The van der Waals surface area contributed by atoms with Gasteiger partial charge in [0.2, 0.25) is 5.13 Å². The molecule has 0 amide bonds. The first kappa shape index (κ1) is 29.5. The highest BCUT2D eigenvalue weighted by Crippen LogP contribution is 2.32. The molecule has 1 aliphatic rings. The first-order valence-corrected chi connectivity index (χ1v) is 15.4. The van der Waals surface area contributed by atoms with Crippen LogP contribution in [0.2, 0.25) is 0 Å². The quantitative estimate of drug-likeness (QED) is 0.243. The van der Waals surface area contributed by atoms with Crippen molar-refractivity contribution < 1.29 is 17.9 Å². The molecule has 0 spiro atoms. The van der Waals surface area contributed by atoms with Gasteiger partial charge in [-0.25, -0.2) is 17.7 Å². The predicted molar refractivity (Wildman–Crippen MR) is 160 cm³/mol. The van der Waals surface area contributed by atoms with Gasteiger partial charge in [0.25, 0.3) is 10.0 Å². The van der Waals surface area contributed by atoms with Crippen LogP contribution in [0.15, 0.2) is 90.1 Å². The molecule has 212 valence electrons. The number of allylic oxidation sites excluding steroid dienone is 3. The van der Waals surface area contributed by atoms with Gasteiger partial charge >= 0.3 is 0 Å². The molecule has 0 N–H and O–H groups in total. The first-order chi connectivity index (χ1) is 19.4. The number of ether oxygens (including phenoxy) is 2. The molecule has 1 fully saturated rings. The van der Waals surface area contributed by atoms with Crippen molar-refractivity contribution in [1.29, 1.82) is 0 Å². The van der Waals surface area contributed by atoms with Crippen LogP contribution in [0.3, 0.4) is 0 Å². The average molecular weight is 581 g/mol. The van der Waals surface area contributed by atoms with E-state index < -0.39 is 10.0 Å². The van der Waals surface area contributed by atoms with E-state index in [2.05, 4.69) is 26.9 Å². The Hall–Kier alpha value is -3.47. The molecule has 2 heterocycles. The van der Waals surface area contributed by atoms with Gasteiger partial charge in [-0.3, -0.25) is 4.90 Å². The molecule has 8 nitrogen and oxygen atoms in total. The highest BCUT2D eigenvalue weighted by Gasteiger charge is 2.29. The molecule has 0 bridgehead atoms.